The Kier molecular flexibility index (Phi) is 10.7. The molecule has 0 fully saturated rings. The molecular weight excluding hydrogens is 504 g/mol. The van der Waals surface area contributed by atoms with Crippen molar-refractivity contribution in [1.82, 2.24) is 20.9 Å². The number of nitrogens with one attached hydrogen (secondary N) is 4. The molecule has 4 atom stereocenters. The summed E-state index contributed by atoms with van der Waals surface area (Å²) in [7, 11) is 0. The number of aliphatic hydroxyl groups excluding tert-OH is 1. The van der Waals surface area contributed by atoms with Crippen molar-refractivity contribution >= 4 is 46.5 Å². The van der Waals surface area contributed by atoms with E-state index in [0.717, 1.165) is 16.5 Å². The topological polar surface area (TPSA) is 267 Å². The van der Waals surface area contributed by atoms with E-state index in [2.05, 4.69) is 15.6 Å². The normalized spacial score (nSPS) is 14.1. The number of benzene rings is 1. The van der Waals surface area contributed by atoms with Crippen molar-refractivity contribution in [2.75, 3.05) is 6.61 Å². The van der Waals surface area contributed by atoms with Crippen LogP contribution in [0.3, 0.4) is 0 Å². The first-order valence-electron chi connectivity index (χ1n) is 11.5. The first kappa shape index (κ1) is 29.7. The second kappa shape index (κ2) is 13.7. The van der Waals surface area contributed by atoms with Crippen molar-refractivity contribution in [2.24, 2.45) is 11.5 Å². The molecule has 15 heteroatoms. The van der Waals surface area contributed by atoms with Gasteiger partial charge in [0.25, 0.3) is 0 Å². The van der Waals surface area contributed by atoms with Crippen LogP contribution in [-0.2, 0) is 35.2 Å². The molecule has 0 spiro atoms. The summed E-state index contributed by atoms with van der Waals surface area (Å²) in [5.41, 5.74) is 12.8. The van der Waals surface area contributed by atoms with E-state index >= 15 is 0 Å². The quantitative estimate of drug-likeness (QED) is 0.114. The number of carboxylic acids is 2. The van der Waals surface area contributed by atoms with Gasteiger partial charge in [-0.2, -0.15) is 0 Å². The number of carbonyl (C=O) groups is 6. The number of amides is 4. The summed E-state index contributed by atoms with van der Waals surface area (Å²) in [5, 5.41) is 34.8. The Balaban J connectivity index is 2.09. The molecule has 1 heterocycles. The van der Waals surface area contributed by atoms with E-state index in [1.54, 1.807) is 6.20 Å². The minimum atomic E-state index is -1.82. The lowest BCUT2D eigenvalue weighted by Gasteiger charge is -2.24. The molecule has 0 radical (unpaired) electrons. The third-order valence-corrected chi connectivity index (χ3v) is 5.57. The molecule has 0 aliphatic carbocycles. The Morgan fingerprint density at radius 3 is 2.11 bits per heavy atom. The zero-order valence-electron chi connectivity index (χ0n) is 20.2. The third kappa shape index (κ3) is 8.56. The van der Waals surface area contributed by atoms with E-state index in [1.165, 1.54) is 0 Å². The van der Waals surface area contributed by atoms with Crippen molar-refractivity contribution in [3.05, 3.63) is 36.0 Å². The van der Waals surface area contributed by atoms with Gasteiger partial charge in [0.1, 0.15) is 18.1 Å². The summed E-state index contributed by atoms with van der Waals surface area (Å²) in [6.45, 7) is -0.979. The fourth-order valence-electron chi connectivity index (χ4n) is 3.58. The van der Waals surface area contributed by atoms with Gasteiger partial charge in [0, 0.05) is 23.5 Å². The van der Waals surface area contributed by atoms with Crippen LogP contribution in [-0.4, -0.2) is 86.6 Å². The smallest absolute Gasteiger partial charge is 0.326 e. The zero-order valence-corrected chi connectivity index (χ0v) is 20.2. The summed E-state index contributed by atoms with van der Waals surface area (Å²) in [6, 6.07) is 1.37. The van der Waals surface area contributed by atoms with Crippen molar-refractivity contribution in [1.29, 1.82) is 0 Å². The lowest BCUT2D eigenvalue weighted by Crippen LogP contribution is -2.58. The minimum Gasteiger partial charge on any atom is -0.481 e. The standard InChI is InChI=1S/C23H30N6O9/c24-13(7-11-9-26-14-4-2-1-3-12(11)14)20(34)27-15(5-6-18(25)31)21(35)29-17(10-30)22(36)28-16(23(37)38)8-19(32)33/h1-4,9,13,15-17,26,30H,5-8,10,24H2,(H2,25,31)(H,27,34)(H,28,36)(H,29,35)(H,32,33)(H,37,38). The Hall–Kier alpha value is -4.50. The Labute approximate surface area is 215 Å². The van der Waals surface area contributed by atoms with Gasteiger partial charge in [-0.25, -0.2) is 4.79 Å². The highest BCUT2D eigenvalue weighted by molar-refractivity contribution is 5.95. The fraction of sp³-hybridized carbons (Fsp3) is 0.391. The van der Waals surface area contributed by atoms with E-state index in [1.807, 2.05) is 29.6 Å². The maximum atomic E-state index is 12.9. The number of nitrogens with two attached hydrogens (primary N) is 2. The largest absolute Gasteiger partial charge is 0.481 e. The van der Waals surface area contributed by atoms with Crippen LogP contribution in [0.2, 0.25) is 0 Å². The molecule has 2 aromatic rings. The first-order chi connectivity index (χ1) is 17.9. The van der Waals surface area contributed by atoms with Gasteiger partial charge in [-0.15, -0.1) is 0 Å². The second-order valence-electron chi connectivity index (χ2n) is 8.48. The average molecular weight is 535 g/mol. The van der Waals surface area contributed by atoms with Gasteiger partial charge >= 0.3 is 11.9 Å². The van der Waals surface area contributed by atoms with Gasteiger partial charge in [0.15, 0.2) is 0 Å². The molecule has 0 aliphatic heterocycles. The average Bonchev–Trinajstić information content (AvgIpc) is 3.26. The van der Waals surface area contributed by atoms with E-state index in [9.17, 15) is 33.9 Å². The predicted molar refractivity (Wildman–Crippen MR) is 131 cm³/mol. The molecule has 11 N–H and O–H groups in total. The molecule has 2 rings (SSSR count). The van der Waals surface area contributed by atoms with Crippen LogP contribution in [0.1, 0.15) is 24.8 Å². The first-order valence-corrected chi connectivity index (χ1v) is 11.5. The number of rotatable bonds is 15. The highest BCUT2D eigenvalue weighted by Gasteiger charge is 2.31. The number of para-hydroxylation sites is 1. The van der Waals surface area contributed by atoms with E-state index in [0.29, 0.717) is 0 Å². The second-order valence-corrected chi connectivity index (χ2v) is 8.48. The number of carbonyl (C=O) groups excluding carboxylic acids is 4. The summed E-state index contributed by atoms with van der Waals surface area (Å²) < 4.78 is 0. The third-order valence-electron chi connectivity index (χ3n) is 5.57. The molecule has 206 valence electrons. The van der Waals surface area contributed by atoms with Crippen LogP contribution in [0, 0.1) is 0 Å². The maximum Gasteiger partial charge on any atom is 0.326 e. The molecular formula is C23H30N6O9. The molecule has 0 bridgehead atoms. The van der Waals surface area contributed by atoms with Gasteiger partial charge in [-0.05, 0) is 24.5 Å². The van der Waals surface area contributed by atoms with Crippen LogP contribution < -0.4 is 27.4 Å². The highest BCUT2D eigenvalue weighted by Crippen LogP contribution is 2.18. The number of aliphatic carboxylic acids is 2. The van der Waals surface area contributed by atoms with Crippen molar-refractivity contribution in [3.63, 3.8) is 0 Å². The molecule has 0 saturated heterocycles. The Bertz CT molecular complexity index is 1200. The number of aromatic nitrogens is 1. The fourth-order valence-corrected chi connectivity index (χ4v) is 3.58. The Morgan fingerprint density at radius 1 is 0.895 bits per heavy atom. The predicted octanol–water partition coefficient (Wildman–Crippen LogP) is -2.69. The van der Waals surface area contributed by atoms with E-state index in [-0.39, 0.29) is 19.3 Å². The van der Waals surface area contributed by atoms with Crippen LogP contribution in [0.15, 0.2) is 30.5 Å². The number of aromatic amines is 1. The van der Waals surface area contributed by atoms with Gasteiger partial charge < -0.3 is 47.7 Å². The lowest BCUT2D eigenvalue weighted by molar-refractivity contribution is -0.147. The number of hydrogen-bond acceptors (Lipinski definition) is 8. The number of hydrogen-bond donors (Lipinski definition) is 9. The molecule has 15 nitrogen and oxygen atoms in total. The molecule has 1 aromatic heterocycles. The highest BCUT2D eigenvalue weighted by atomic mass is 16.4. The summed E-state index contributed by atoms with van der Waals surface area (Å²) >= 11 is 0. The van der Waals surface area contributed by atoms with Crippen LogP contribution in [0.4, 0.5) is 0 Å². The molecule has 0 saturated carbocycles. The van der Waals surface area contributed by atoms with Crippen LogP contribution in [0.25, 0.3) is 10.9 Å². The molecule has 1 aromatic carbocycles. The van der Waals surface area contributed by atoms with Crippen LogP contribution >= 0.6 is 0 Å². The number of carboxylic acid groups (broad SMARTS) is 2. The van der Waals surface area contributed by atoms with Crippen LogP contribution in [0.5, 0.6) is 0 Å². The SMILES string of the molecule is NC(=O)CCC(NC(=O)C(N)Cc1c[nH]c2ccccc12)C(=O)NC(CO)C(=O)NC(CC(=O)O)C(=O)O. The van der Waals surface area contributed by atoms with Crippen molar-refractivity contribution in [3.8, 4) is 0 Å². The van der Waals surface area contributed by atoms with Gasteiger partial charge in [0.2, 0.25) is 23.6 Å². The minimum absolute atomic E-state index is 0.113. The zero-order chi connectivity index (χ0) is 28.4. The summed E-state index contributed by atoms with van der Waals surface area (Å²) in [6.07, 6.45) is 0.296. The number of aliphatic hydroxyl groups is 1. The molecule has 38 heavy (non-hydrogen) atoms. The number of H-pyrrole nitrogens is 1. The van der Waals surface area contributed by atoms with Gasteiger partial charge in [-0.1, -0.05) is 18.2 Å². The Morgan fingerprint density at radius 2 is 1.50 bits per heavy atom. The molecule has 4 unspecified atom stereocenters. The van der Waals surface area contributed by atoms with Crippen molar-refractivity contribution < 1.29 is 44.1 Å². The maximum absolute atomic E-state index is 12.9. The van der Waals surface area contributed by atoms with E-state index in [4.69, 9.17) is 21.7 Å². The summed E-state index contributed by atoms with van der Waals surface area (Å²) in [4.78, 5) is 74.4. The monoisotopic (exact) mass is 534 g/mol. The van der Waals surface area contributed by atoms with Crippen molar-refractivity contribution in [2.45, 2.75) is 49.9 Å². The van der Waals surface area contributed by atoms with E-state index < -0.39 is 72.8 Å². The molecule has 0 aliphatic rings. The van der Waals surface area contributed by atoms with Gasteiger partial charge in [-0.3, -0.25) is 24.0 Å². The molecule has 4 amide bonds. The number of fused-ring (bicyclic) bond motifs is 1. The lowest BCUT2D eigenvalue weighted by atomic mass is 10.0. The number of primary amides is 1. The van der Waals surface area contributed by atoms with Gasteiger partial charge in [0.05, 0.1) is 19.1 Å². The summed E-state index contributed by atoms with van der Waals surface area (Å²) in [5.74, 6) is -6.81.